The molecular formula is C32H38N2O11S2. The SMILES string of the molecule is COc1cc2c(c(OC)c1OC)-c1ccc(SC)c(=O)cc1[C@@H](NC(=S)N[C@@H]1OC[C@H](OC(C)=O)[C@H](OC(C)=O)[C@H]1OC(C)=O)CC2. The van der Waals surface area contributed by atoms with Crippen LogP contribution >= 0.6 is 24.0 Å². The molecule has 0 aromatic heterocycles. The largest absolute Gasteiger partial charge is 0.493 e. The van der Waals surface area contributed by atoms with Gasteiger partial charge in [0.05, 0.1) is 38.9 Å². The van der Waals surface area contributed by atoms with Gasteiger partial charge in [-0.2, -0.15) is 0 Å². The van der Waals surface area contributed by atoms with Gasteiger partial charge in [0.2, 0.25) is 5.75 Å². The standard InChI is InChI=1S/C32H38N2O11S2/c1-15(35)43-24-14-42-31(30(45-17(3)37)28(24)44-16(2)36)34-32(46)33-21-10-8-18-12-23(39-4)27(40-5)29(41-6)26(18)19-9-11-25(47-7)22(38)13-20(19)21/h9,11-13,21,24,28,30-31H,8,10,14H2,1-7H3,(H2,33,34,46)/t21-,24-,28-,30+,31+/m0/s1. The fourth-order valence-corrected chi connectivity index (χ4v) is 6.53. The third kappa shape index (κ3) is 8.08. The predicted octanol–water partition coefficient (Wildman–Crippen LogP) is 3.06. The second kappa shape index (κ2) is 15.7. The number of ether oxygens (including phenoxy) is 7. The molecule has 0 spiro atoms. The summed E-state index contributed by atoms with van der Waals surface area (Å²) in [5.41, 5.74) is 2.91. The van der Waals surface area contributed by atoms with Crippen molar-refractivity contribution in [2.45, 2.75) is 69.1 Å². The van der Waals surface area contributed by atoms with Crippen molar-refractivity contribution in [1.82, 2.24) is 10.6 Å². The van der Waals surface area contributed by atoms with Crippen molar-refractivity contribution in [3.05, 3.63) is 45.6 Å². The molecule has 0 radical (unpaired) electrons. The summed E-state index contributed by atoms with van der Waals surface area (Å²) in [5, 5.41) is 6.42. The zero-order valence-corrected chi connectivity index (χ0v) is 28.8. The number of rotatable bonds is 9. The van der Waals surface area contributed by atoms with E-state index in [0.717, 1.165) is 16.7 Å². The number of nitrogens with one attached hydrogen (secondary N) is 2. The van der Waals surface area contributed by atoms with Crippen LogP contribution in [0, 0.1) is 0 Å². The molecule has 4 rings (SSSR count). The summed E-state index contributed by atoms with van der Waals surface area (Å²) in [4.78, 5) is 49.7. The zero-order chi connectivity index (χ0) is 34.4. The molecule has 47 heavy (non-hydrogen) atoms. The van der Waals surface area contributed by atoms with Gasteiger partial charge in [0.25, 0.3) is 0 Å². The Kier molecular flexibility index (Phi) is 11.9. The highest BCUT2D eigenvalue weighted by molar-refractivity contribution is 7.98. The van der Waals surface area contributed by atoms with E-state index in [9.17, 15) is 19.2 Å². The first-order valence-corrected chi connectivity index (χ1v) is 16.3. The molecule has 13 nitrogen and oxygen atoms in total. The van der Waals surface area contributed by atoms with Crippen molar-refractivity contribution in [2.24, 2.45) is 0 Å². The average Bonchev–Trinajstić information content (AvgIpc) is 3.26. The molecule has 0 bridgehead atoms. The van der Waals surface area contributed by atoms with E-state index in [1.807, 2.05) is 18.4 Å². The Balaban J connectivity index is 1.72. The first-order valence-electron chi connectivity index (χ1n) is 14.7. The van der Waals surface area contributed by atoms with Crippen LogP contribution in [-0.2, 0) is 39.8 Å². The maximum absolute atomic E-state index is 13.3. The highest BCUT2D eigenvalue weighted by Gasteiger charge is 2.47. The van der Waals surface area contributed by atoms with Crippen molar-refractivity contribution >= 4 is 47.0 Å². The molecule has 5 atom stereocenters. The molecule has 0 unspecified atom stereocenters. The minimum absolute atomic E-state index is 0.104. The Labute approximate surface area is 281 Å². The number of carbonyl (C=O) groups is 3. The minimum Gasteiger partial charge on any atom is -0.493 e. The molecule has 15 heteroatoms. The van der Waals surface area contributed by atoms with E-state index < -0.39 is 48.5 Å². The number of hydrogen-bond donors (Lipinski definition) is 2. The lowest BCUT2D eigenvalue weighted by Gasteiger charge is -2.41. The number of methoxy groups -OCH3 is 3. The first-order chi connectivity index (χ1) is 22.4. The number of thioether (sulfide) groups is 1. The number of carbonyl (C=O) groups excluding carboxylic acids is 3. The van der Waals surface area contributed by atoms with E-state index in [1.54, 1.807) is 26.4 Å². The van der Waals surface area contributed by atoms with Crippen molar-refractivity contribution in [1.29, 1.82) is 0 Å². The van der Waals surface area contributed by atoms with Gasteiger partial charge in [-0.1, -0.05) is 6.07 Å². The van der Waals surface area contributed by atoms with Gasteiger partial charge in [-0.15, -0.1) is 11.8 Å². The summed E-state index contributed by atoms with van der Waals surface area (Å²) in [5.74, 6) is -0.593. The van der Waals surface area contributed by atoms with Crippen molar-refractivity contribution < 1.29 is 47.5 Å². The van der Waals surface area contributed by atoms with E-state index in [0.29, 0.717) is 40.5 Å². The van der Waals surface area contributed by atoms with Gasteiger partial charge in [0, 0.05) is 26.3 Å². The number of aryl methyl sites for hydroxylation is 1. The number of hydrogen-bond acceptors (Lipinski definition) is 13. The highest BCUT2D eigenvalue weighted by atomic mass is 32.2. The van der Waals surface area contributed by atoms with E-state index in [4.69, 9.17) is 45.4 Å². The zero-order valence-electron chi connectivity index (χ0n) is 27.1. The van der Waals surface area contributed by atoms with Crippen LogP contribution in [-0.4, -0.2) is 81.8 Å². The monoisotopic (exact) mass is 690 g/mol. The molecule has 2 aliphatic rings. The maximum atomic E-state index is 13.3. The fourth-order valence-electron chi connectivity index (χ4n) is 5.81. The Morgan fingerprint density at radius 3 is 2.15 bits per heavy atom. The summed E-state index contributed by atoms with van der Waals surface area (Å²) in [6.45, 7) is 3.41. The lowest BCUT2D eigenvalue weighted by molar-refractivity contribution is -0.227. The van der Waals surface area contributed by atoms with E-state index >= 15 is 0 Å². The fraction of sp³-hybridized carbons (Fsp3) is 0.469. The normalized spacial score (nSPS) is 21.5. The first kappa shape index (κ1) is 35.8. The van der Waals surface area contributed by atoms with Crippen LogP contribution in [0.15, 0.2) is 34.0 Å². The molecule has 254 valence electrons. The van der Waals surface area contributed by atoms with Gasteiger partial charge in [-0.25, -0.2) is 0 Å². The smallest absolute Gasteiger partial charge is 0.303 e. The molecule has 1 heterocycles. The lowest BCUT2D eigenvalue weighted by atomic mass is 9.95. The summed E-state index contributed by atoms with van der Waals surface area (Å²) < 4.78 is 39.3. The van der Waals surface area contributed by atoms with Crippen molar-refractivity contribution in [2.75, 3.05) is 34.2 Å². The van der Waals surface area contributed by atoms with Gasteiger partial charge < -0.3 is 43.8 Å². The predicted molar refractivity (Wildman–Crippen MR) is 176 cm³/mol. The molecule has 2 aromatic carbocycles. The Bertz CT molecular complexity index is 1600. The van der Waals surface area contributed by atoms with Crippen LogP contribution in [0.4, 0.5) is 0 Å². The van der Waals surface area contributed by atoms with Gasteiger partial charge in [-0.05, 0) is 66.2 Å². The van der Waals surface area contributed by atoms with Gasteiger partial charge in [-0.3, -0.25) is 19.2 Å². The second-order valence-electron chi connectivity index (χ2n) is 10.7. The molecule has 1 aliphatic heterocycles. The number of esters is 3. The van der Waals surface area contributed by atoms with Crippen LogP contribution in [0.3, 0.4) is 0 Å². The molecule has 2 aromatic rings. The average molecular weight is 691 g/mol. The van der Waals surface area contributed by atoms with E-state index in [-0.39, 0.29) is 17.1 Å². The summed E-state index contributed by atoms with van der Waals surface area (Å²) in [6.07, 6.45) is -1.64. The molecule has 1 fully saturated rings. The summed E-state index contributed by atoms with van der Waals surface area (Å²) >= 11 is 7.06. The van der Waals surface area contributed by atoms with Crippen LogP contribution in [0.1, 0.15) is 44.4 Å². The molecule has 1 saturated heterocycles. The Morgan fingerprint density at radius 2 is 1.55 bits per heavy atom. The Morgan fingerprint density at radius 1 is 0.894 bits per heavy atom. The Hall–Kier alpha value is -4.08. The molecule has 2 N–H and O–H groups in total. The number of thiocarbonyl (C=S) groups is 1. The van der Waals surface area contributed by atoms with E-state index in [1.165, 1.54) is 39.6 Å². The van der Waals surface area contributed by atoms with Gasteiger partial charge in [0.15, 0.2) is 46.6 Å². The number of benzene rings is 1. The maximum Gasteiger partial charge on any atom is 0.303 e. The summed E-state index contributed by atoms with van der Waals surface area (Å²) in [6, 6.07) is 6.66. The third-order valence-corrected chi connectivity index (χ3v) is 8.66. The van der Waals surface area contributed by atoms with Crippen LogP contribution in [0.25, 0.3) is 11.1 Å². The van der Waals surface area contributed by atoms with Crippen LogP contribution in [0.5, 0.6) is 17.2 Å². The summed E-state index contributed by atoms with van der Waals surface area (Å²) in [7, 11) is 4.63. The second-order valence-corrected chi connectivity index (χ2v) is 12.0. The van der Waals surface area contributed by atoms with Crippen LogP contribution < -0.4 is 30.3 Å². The minimum atomic E-state index is -1.22. The molecule has 0 saturated carbocycles. The van der Waals surface area contributed by atoms with Crippen molar-refractivity contribution in [3.63, 3.8) is 0 Å². The van der Waals surface area contributed by atoms with Crippen LogP contribution in [0.2, 0.25) is 0 Å². The highest BCUT2D eigenvalue weighted by Crippen LogP contribution is 2.50. The molecule has 1 aliphatic carbocycles. The lowest BCUT2D eigenvalue weighted by Crippen LogP contribution is -2.63. The number of fused-ring (bicyclic) bond motifs is 3. The van der Waals surface area contributed by atoms with E-state index in [2.05, 4.69) is 10.6 Å². The quantitative estimate of drug-likeness (QED) is 0.171. The van der Waals surface area contributed by atoms with Gasteiger partial charge in [0.1, 0.15) is 0 Å². The topological polar surface area (TPSA) is 157 Å². The molecule has 0 amide bonds. The van der Waals surface area contributed by atoms with Crippen molar-refractivity contribution in [3.8, 4) is 28.4 Å². The van der Waals surface area contributed by atoms with Gasteiger partial charge >= 0.3 is 17.9 Å². The molecular weight excluding hydrogens is 652 g/mol. The third-order valence-electron chi connectivity index (χ3n) is 7.65.